The summed E-state index contributed by atoms with van der Waals surface area (Å²) in [5.41, 5.74) is 4.10. The maximum atomic E-state index is 13.0. The monoisotopic (exact) mass is 556 g/mol. The summed E-state index contributed by atoms with van der Waals surface area (Å²) in [6, 6.07) is 21.8. The van der Waals surface area contributed by atoms with Crippen molar-refractivity contribution in [3.8, 4) is 0 Å². The lowest BCUT2D eigenvalue weighted by atomic mass is 9.70. The average Bonchev–Trinajstić information content (AvgIpc) is 3.42. The van der Waals surface area contributed by atoms with Crippen molar-refractivity contribution < 1.29 is 14.7 Å². The number of piperidine rings is 2. The highest BCUT2D eigenvalue weighted by atomic mass is 16.3. The van der Waals surface area contributed by atoms with Crippen LogP contribution < -0.4 is 0 Å². The fourth-order valence-corrected chi connectivity index (χ4v) is 8.33. The predicted molar refractivity (Wildman–Crippen MR) is 161 cm³/mol. The number of carbonyl (C=O) groups is 2. The number of carbonyl (C=O) groups excluding carboxylic acids is 1. The molecule has 41 heavy (non-hydrogen) atoms. The van der Waals surface area contributed by atoms with E-state index in [-0.39, 0.29) is 11.9 Å². The van der Waals surface area contributed by atoms with Crippen molar-refractivity contribution in [1.82, 2.24) is 19.4 Å². The highest BCUT2D eigenvalue weighted by molar-refractivity contribution is 5.79. The lowest BCUT2D eigenvalue weighted by Crippen LogP contribution is -2.50. The Kier molecular flexibility index (Phi) is 8.16. The van der Waals surface area contributed by atoms with Gasteiger partial charge in [-0.25, -0.2) is 4.98 Å². The van der Waals surface area contributed by atoms with Crippen molar-refractivity contribution in [2.45, 2.75) is 94.7 Å². The van der Waals surface area contributed by atoms with E-state index in [2.05, 4.69) is 75.9 Å². The smallest absolute Gasteiger partial charge is 0.290 e. The maximum Gasteiger partial charge on any atom is 0.290 e. The second-order valence-electron chi connectivity index (χ2n) is 12.7. The third-order valence-electron chi connectivity index (χ3n) is 10.7. The number of imidazole rings is 1. The lowest BCUT2D eigenvalue weighted by Gasteiger charge is -2.46. The van der Waals surface area contributed by atoms with Gasteiger partial charge in [-0.05, 0) is 94.4 Å². The van der Waals surface area contributed by atoms with E-state index < -0.39 is 0 Å². The summed E-state index contributed by atoms with van der Waals surface area (Å²) in [6.07, 6.45) is 12.0. The van der Waals surface area contributed by atoms with Crippen molar-refractivity contribution in [2.75, 3.05) is 19.6 Å². The fraction of sp³-hybridized carbons (Fsp3) is 0.559. The molecule has 7 rings (SSSR count). The Morgan fingerprint density at radius 2 is 1.59 bits per heavy atom. The first-order valence-electron chi connectivity index (χ1n) is 15.6. The van der Waals surface area contributed by atoms with E-state index in [1.807, 2.05) is 0 Å². The van der Waals surface area contributed by atoms with Crippen molar-refractivity contribution in [3.05, 3.63) is 66.0 Å². The number of hydrogen-bond donors (Lipinski definition) is 1. The SMILES string of the molecule is Cc1nc2ccccc2n1C1C[C@H]2CC[C@@H](C1)N2CCC1(c2ccccc2)CCN(C(=O)C2CCC2)CC1.O=CO. The predicted octanol–water partition coefficient (Wildman–Crippen LogP) is 5.96. The quantitative estimate of drug-likeness (QED) is 0.379. The number of hydrogen-bond acceptors (Lipinski definition) is 4. The number of aromatic nitrogens is 2. The molecule has 1 unspecified atom stereocenters. The second kappa shape index (κ2) is 12.0. The number of para-hydroxylation sites is 2. The number of aryl methyl sites for hydroxylation is 1. The first-order chi connectivity index (χ1) is 20.0. The van der Waals surface area contributed by atoms with Gasteiger partial charge in [-0.1, -0.05) is 48.9 Å². The number of nitrogens with zero attached hydrogens (tertiary/aromatic N) is 4. The molecule has 1 saturated carbocycles. The second-order valence-corrected chi connectivity index (χ2v) is 12.7. The van der Waals surface area contributed by atoms with E-state index in [9.17, 15) is 4.79 Å². The van der Waals surface area contributed by atoms with E-state index in [0.29, 0.717) is 30.0 Å². The van der Waals surface area contributed by atoms with E-state index in [1.54, 1.807) is 0 Å². The van der Waals surface area contributed by atoms with E-state index in [1.165, 1.54) is 56.1 Å². The molecule has 3 aliphatic heterocycles. The van der Waals surface area contributed by atoms with Crippen molar-refractivity contribution in [2.24, 2.45) is 5.92 Å². The molecule has 3 aromatic rings. The summed E-state index contributed by atoms with van der Waals surface area (Å²) in [5, 5.41) is 6.89. The molecule has 2 aromatic carbocycles. The number of rotatable bonds is 6. The topological polar surface area (TPSA) is 78.7 Å². The van der Waals surface area contributed by atoms with Gasteiger partial charge < -0.3 is 14.6 Å². The van der Waals surface area contributed by atoms with E-state index in [4.69, 9.17) is 14.9 Å². The minimum Gasteiger partial charge on any atom is -0.483 e. The van der Waals surface area contributed by atoms with Gasteiger partial charge >= 0.3 is 0 Å². The molecular formula is C34H44N4O3. The summed E-state index contributed by atoms with van der Waals surface area (Å²) < 4.78 is 2.54. The van der Waals surface area contributed by atoms with Crippen LogP contribution in [0.2, 0.25) is 0 Å². The van der Waals surface area contributed by atoms with Crippen LogP contribution in [0.25, 0.3) is 11.0 Å². The van der Waals surface area contributed by atoms with Gasteiger partial charge in [-0.3, -0.25) is 14.5 Å². The molecule has 218 valence electrons. The highest BCUT2D eigenvalue weighted by Gasteiger charge is 2.44. The van der Waals surface area contributed by atoms with Gasteiger partial charge in [0.25, 0.3) is 6.47 Å². The molecule has 4 heterocycles. The Morgan fingerprint density at radius 3 is 2.22 bits per heavy atom. The largest absolute Gasteiger partial charge is 0.483 e. The number of amides is 1. The Bertz CT molecular complexity index is 1330. The van der Waals surface area contributed by atoms with Crippen LogP contribution >= 0.6 is 0 Å². The minimum absolute atomic E-state index is 0.186. The Hall–Kier alpha value is -3.19. The van der Waals surface area contributed by atoms with Gasteiger partial charge in [-0.2, -0.15) is 0 Å². The van der Waals surface area contributed by atoms with Crippen LogP contribution in [-0.2, 0) is 15.0 Å². The van der Waals surface area contributed by atoms with Crippen molar-refractivity contribution in [3.63, 3.8) is 0 Å². The van der Waals surface area contributed by atoms with Crippen LogP contribution in [0.3, 0.4) is 0 Å². The van der Waals surface area contributed by atoms with Crippen LogP contribution in [0.15, 0.2) is 54.6 Å². The molecule has 7 heteroatoms. The Balaban J connectivity index is 0.000000967. The summed E-state index contributed by atoms with van der Waals surface area (Å²) in [6.45, 7) is 4.95. The average molecular weight is 557 g/mol. The zero-order valence-electron chi connectivity index (χ0n) is 24.3. The first-order valence-corrected chi connectivity index (χ1v) is 15.6. The zero-order chi connectivity index (χ0) is 28.4. The molecule has 3 atom stereocenters. The molecule has 2 bridgehead atoms. The molecule has 1 aliphatic carbocycles. The highest BCUT2D eigenvalue weighted by Crippen LogP contribution is 2.45. The molecule has 3 saturated heterocycles. The lowest BCUT2D eigenvalue weighted by molar-refractivity contribution is -0.140. The number of carboxylic acid groups (broad SMARTS) is 1. The molecule has 4 aliphatic rings. The molecule has 1 aromatic heterocycles. The number of likely N-dealkylation sites (tertiary alicyclic amines) is 1. The minimum atomic E-state index is -0.250. The molecule has 1 N–H and O–H groups in total. The maximum absolute atomic E-state index is 13.0. The molecule has 0 spiro atoms. The summed E-state index contributed by atoms with van der Waals surface area (Å²) in [5.74, 6) is 1.91. The van der Waals surface area contributed by atoms with E-state index in [0.717, 1.165) is 50.1 Å². The van der Waals surface area contributed by atoms with Crippen LogP contribution in [-0.4, -0.2) is 68.6 Å². The zero-order valence-corrected chi connectivity index (χ0v) is 24.3. The number of fused-ring (bicyclic) bond motifs is 3. The van der Waals surface area contributed by atoms with Gasteiger partial charge in [0.05, 0.1) is 11.0 Å². The Morgan fingerprint density at radius 1 is 0.951 bits per heavy atom. The first kappa shape index (κ1) is 28.0. The summed E-state index contributed by atoms with van der Waals surface area (Å²) in [7, 11) is 0. The normalized spacial score (nSPS) is 25.8. The van der Waals surface area contributed by atoms with Crippen LogP contribution in [0.5, 0.6) is 0 Å². The van der Waals surface area contributed by atoms with Crippen molar-refractivity contribution in [1.29, 1.82) is 0 Å². The summed E-state index contributed by atoms with van der Waals surface area (Å²) >= 11 is 0. The van der Waals surface area contributed by atoms with Gasteiger partial charge in [0.15, 0.2) is 0 Å². The van der Waals surface area contributed by atoms with E-state index >= 15 is 0 Å². The third kappa shape index (κ3) is 5.41. The van der Waals surface area contributed by atoms with Crippen LogP contribution in [0, 0.1) is 12.8 Å². The molecule has 1 amide bonds. The van der Waals surface area contributed by atoms with Gasteiger partial charge in [0.2, 0.25) is 5.91 Å². The molecule has 7 nitrogen and oxygen atoms in total. The molecular weight excluding hydrogens is 512 g/mol. The van der Waals surface area contributed by atoms with Crippen molar-refractivity contribution >= 4 is 23.4 Å². The van der Waals surface area contributed by atoms with Gasteiger partial charge in [-0.15, -0.1) is 0 Å². The van der Waals surface area contributed by atoms with Crippen LogP contribution in [0.4, 0.5) is 0 Å². The fourth-order valence-electron chi connectivity index (χ4n) is 8.33. The standard InChI is InChI=1S/C33H42N4O.CH2O2/c1-24-34-30-12-5-6-13-31(30)37(24)29-22-27-14-15-28(23-29)36(27)21-18-33(26-10-3-2-4-11-26)16-19-35(20-17-33)32(38)25-8-7-9-25;2-1-3/h2-6,10-13,25,27-29H,7-9,14-23H2,1H3;1H,(H,2,3)/t27-,28+,29?;. The van der Waals surface area contributed by atoms with Gasteiger partial charge in [0.1, 0.15) is 5.82 Å². The van der Waals surface area contributed by atoms with Crippen LogP contribution in [0.1, 0.15) is 81.6 Å². The van der Waals surface area contributed by atoms with Gasteiger partial charge in [0, 0.05) is 37.1 Å². The third-order valence-corrected chi connectivity index (χ3v) is 10.7. The Labute approximate surface area is 243 Å². The molecule has 4 fully saturated rings. The summed E-state index contributed by atoms with van der Waals surface area (Å²) in [4.78, 5) is 31.3. The molecule has 0 radical (unpaired) electrons. The number of benzene rings is 2.